The fraction of sp³-hybridized carbons (Fsp3) is 0.235. The van der Waals surface area contributed by atoms with Crippen LogP contribution in [-0.4, -0.2) is 20.4 Å². The number of nitrogens with one attached hydrogen (secondary N) is 2. The molecule has 0 aliphatic carbocycles. The number of hydrogen-bond acceptors (Lipinski definition) is 3. The van der Waals surface area contributed by atoms with Crippen LogP contribution < -0.4 is 10.0 Å². The lowest BCUT2D eigenvalue weighted by Crippen LogP contribution is -2.41. The Hall–Kier alpha value is -1.60. The number of hydrogen-bond donors (Lipinski definition) is 2. The van der Waals surface area contributed by atoms with Crippen molar-refractivity contribution in [1.82, 2.24) is 4.72 Å². The van der Waals surface area contributed by atoms with E-state index in [4.69, 9.17) is 23.2 Å². The lowest BCUT2D eigenvalue weighted by molar-refractivity contribution is -0.117. The summed E-state index contributed by atoms with van der Waals surface area (Å²) in [5.74, 6) is -0.476. The third kappa shape index (κ3) is 4.73. The molecule has 5 nitrogen and oxygen atoms in total. The first-order chi connectivity index (χ1) is 11.6. The van der Waals surface area contributed by atoms with Crippen molar-refractivity contribution in [2.75, 3.05) is 5.32 Å². The van der Waals surface area contributed by atoms with Gasteiger partial charge in [-0.3, -0.25) is 4.79 Å². The summed E-state index contributed by atoms with van der Waals surface area (Å²) in [5.41, 5.74) is 2.58. The Morgan fingerprint density at radius 2 is 1.80 bits per heavy atom. The molecule has 2 aromatic rings. The minimum Gasteiger partial charge on any atom is -0.324 e. The lowest BCUT2D eigenvalue weighted by atomic mass is 10.1. The molecule has 0 heterocycles. The van der Waals surface area contributed by atoms with Crippen molar-refractivity contribution >= 4 is 44.8 Å². The van der Waals surface area contributed by atoms with Gasteiger partial charge in [0.2, 0.25) is 15.9 Å². The summed E-state index contributed by atoms with van der Waals surface area (Å²) < 4.78 is 27.2. The molecule has 0 unspecified atom stereocenters. The monoisotopic (exact) mass is 400 g/mol. The van der Waals surface area contributed by atoms with Crippen LogP contribution in [0.2, 0.25) is 10.0 Å². The summed E-state index contributed by atoms with van der Waals surface area (Å²) in [5, 5.41) is 2.99. The normalized spacial score (nSPS) is 12.7. The summed E-state index contributed by atoms with van der Waals surface area (Å²) in [6, 6.07) is 8.62. The van der Waals surface area contributed by atoms with Crippen LogP contribution in [0, 0.1) is 13.8 Å². The minimum atomic E-state index is -4.00. The number of benzene rings is 2. The molecule has 134 valence electrons. The standard InChI is InChI=1S/C17H18Cl2N2O3S/c1-10-5-4-6-15(11(10)2)20-17(22)12(3)21-25(23,24)16-9-13(18)7-8-14(16)19/h4-9,12,21H,1-3H3,(H,20,22)/t12-/m0/s1. The molecular formula is C17H18Cl2N2O3S. The largest absolute Gasteiger partial charge is 0.324 e. The molecule has 0 radical (unpaired) electrons. The highest BCUT2D eigenvalue weighted by Crippen LogP contribution is 2.25. The zero-order valence-corrected chi connectivity index (χ0v) is 16.3. The van der Waals surface area contributed by atoms with E-state index in [2.05, 4.69) is 10.0 Å². The third-order valence-electron chi connectivity index (χ3n) is 3.77. The van der Waals surface area contributed by atoms with Gasteiger partial charge in [-0.05, 0) is 56.2 Å². The molecule has 2 rings (SSSR count). The summed E-state index contributed by atoms with van der Waals surface area (Å²) in [7, 11) is -4.00. The molecule has 0 aliphatic heterocycles. The maximum Gasteiger partial charge on any atom is 0.242 e. The molecule has 2 N–H and O–H groups in total. The summed E-state index contributed by atoms with van der Waals surface area (Å²) >= 11 is 11.8. The third-order valence-corrected chi connectivity index (χ3v) is 6.03. The number of carbonyl (C=O) groups is 1. The maximum atomic E-state index is 12.5. The molecule has 8 heteroatoms. The van der Waals surface area contributed by atoms with Crippen LogP contribution in [0.5, 0.6) is 0 Å². The van der Waals surface area contributed by atoms with E-state index in [0.29, 0.717) is 5.69 Å². The second-order valence-electron chi connectivity index (χ2n) is 5.65. The van der Waals surface area contributed by atoms with Crippen LogP contribution in [0.25, 0.3) is 0 Å². The summed E-state index contributed by atoms with van der Waals surface area (Å²) in [6.07, 6.45) is 0. The molecule has 0 spiro atoms. The SMILES string of the molecule is Cc1cccc(NC(=O)[C@H](C)NS(=O)(=O)c2cc(Cl)ccc2Cl)c1C. The maximum absolute atomic E-state index is 12.5. The van der Waals surface area contributed by atoms with E-state index in [1.807, 2.05) is 26.0 Å². The van der Waals surface area contributed by atoms with Gasteiger partial charge in [-0.2, -0.15) is 4.72 Å². The Labute approximate surface area is 157 Å². The molecule has 25 heavy (non-hydrogen) atoms. The number of aryl methyl sites for hydroxylation is 1. The van der Waals surface area contributed by atoms with Crippen LogP contribution in [0.15, 0.2) is 41.3 Å². The van der Waals surface area contributed by atoms with Crippen LogP contribution in [0.1, 0.15) is 18.1 Å². The predicted molar refractivity (Wildman–Crippen MR) is 101 cm³/mol. The lowest BCUT2D eigenvalue weighted by Gasteiger charge is -2.16. The highest BCUT2D eigenvalue weighted by molar-refractivity contribution is 7.89. The molecule has 2 aromatic carbocycles. The van der Waals surface area contributed by atoms with E-state index in [9.17, 15) is 13.2 Å². The number of sulfonamides is 1. The van der Waals surface area contributed by atoms with Crippen LogP contribution in [0.3, 0.4) is 0 Å². The first-order valence-electron chi connectivity index (χ1n) is 7.46. The number of carbonyl (C=O) groups excluding carboxylic acids is 1. The quantitative estimate of drug-likeness (QED) is 0.798. The van der Waals surface area contributed by atoms with Crippen molar-refractivity contribution in [2.24, 2.45) is 0 Å². The molecule has 0 fully saturated rings. The molecule has 1 atom stereocenters. The average Bonchev–Trinajstić information content (AvgIpc) is 2.53. The Kier molecular flexibility index (Phi) is 6.11. The zero-order chi connectivity index (χ0) is 18.8. The van der Waals surface area contributed by atoms with Crippen molar-refractivity contribution in [2.45, 2.75) is 31.7 Å². The van der Waals surface area contributed by atoms with Crippen molar-refractivity contribution in [3.63, 3.8) is 0 Å². The van der Waals surface area contributed by atoms with E-state index in [0.717, 1.165) is 11.1 Å². The fourth-order valence-electron chi connectivity index (χ4n) is 2.16. The average molecular weight is 401 g/mol. The van der Waals surface area contributed by atoms with Gasteiger partial charge in [0.15, 0.2) is 0 Å². The number of anilines is 1. The van der Waals surface area contributed by atoms with Crippen LogP contribution in [0.4, 0.5) is 5.69 Å². The van der Waals surface area contributed by atoms with Crippen LogP contribution in [-0.2, 0) is 14.8 Å². The number of halogens is 2. The molecule has 0 bridgehead atoms. The first kappa shape index (κ1) is 19.7. The molecule has 0 saturated heterocycles. The Morgan fingerprint density at radius 1 is 1.12 bits per heavy atom. The van der Waals surface area contributed by atoms with E-state index in [1.54, 1.807) is 6.07 Å². The molecule has 0 aromatic heterocycles. The van der Waals surface area contributed by atoms with Gasteiger partial charge >= 0.3 is 0 Å². The van der Waals surface area contributed by atoms with Gasteiger partial charge in [0.1, 0.15) is 4.90 Å². The van der Waals surface area contributed by atoms with Gasteiger partial charge in [0.25, 0.3) is 0 Å². The van der Waals surface area contributed by atoms with Crippen molar-refractivity contribution in [3.05, 3.63) is 57.6 Å². The second-order valence-corrected chi connectivity index (χ2v) is 8.18. The Balaban J connectivity index is 2.17. The highest BCUT2D eigenvalue weighted by Gasteiger charge is 2.24. The topological polar surface area (TPSA) is 75.3 Å². The summed E-state index contributed by atoms with van der Waals surface area (Å²) in [4.78, 5) is 12.2. The van der Waals surface area contributed by atoms with Gasteiger partial charge in [-0.15, -0.1) is 0 Å². The first-order valence-corrected chi connectivity index (χ1v) is 9.70. The van der Waals surface area contributed by atoms with Gasteiger partial charge in [-0.1, -0.05) is 35.3 Å². The van der Waals surface area contributed by atoms with E-state index >= 15 is 0 Å². The molecule has 0 saturated carbocycles. The second kappa shape index (κ2) is 7.74. The minimum absolute atomic E-state index is 0.0269. The van der Waals surface area contributed by atoms with E-state index < -0.39 is 22.0 Å². The van der Waals surface area contributed by atoms with E-state index in [-0.39, 0.29) is 14.9 Å². The predicted octanol–water partition coefficient (Wildman–Crippen LogP) is 3.92. The molecule has 0 aliphatic rings. The van der Waals surface area contributed by atoms with Crippen molar-refractivity contribution < 1.29 is 13.2 Å². The number of rotatable bonds is 5. The molecule has 1 amide bonds. The Morgan fingerprint density at radius 3 is 2.48 bits per heavy atom. The highest BCUT2D eigenvalue weighted by atomic mass is 35.5. The summed E-state index contributed by atoms with van der Waals surface area (Å²) in [6.45, 7) is 5.26. The van der Waals surface area contributed by atoms with E-state index in [1.165, 1.54) is 25.1 Å². The van der Waals surface area contributed by atoms with Crippen molar-refractivity contribution in [1.29, 1.82) is 0 Å². The van der Waals surface area contributed by atoms with Crippen molar-refractivity contribution in [3.8, 4) is 0 Å². The Bertz CT molecular complexity index is 914. The molecular weight excluding hydrogens is 383 g/mol. The smallest absolute Gasteiger partial charge is 0.242 e. The van der Waals surface area contributed by atoms with Gasteiger partial charge in [-0.25, -0.2) is 8.42 Å². The van der Waals surface area contributed by atoms with Gasteiger partial charge < -0.3 is 5.32 Å². The zero-order valence-electron chi connectivity index (χ0n) is 13.9. The van der Waals surface area contributed by atoms with Gasteiger partial charge in [0, 0.05) is 10.7 Å². The number of amides is 1. The van der Waals surface area contributed by atoms with Crippen LogP contribution >= 0.6 is 23.2 Å². The fourth-order valence-corrected chi connectivity index (χ4v) is 4.13. The van der Waals surface area contributed by atoms with Gasteiger partial charge in [0.05, 0.1) is 11.1 Å².